The van der Waals surface area contributed by atoms with Gasteiger partial charge in [-0.1, -0.05) is 31.5 Å². The van der Waals surface area contributed by atoms with Crippen LogP contribution in [-0.4, -0.2) is 46.7 Å². The number of unbranched alkanes of at least 4 members (excludes halogenated alkanes) is 1. The third-order valence-electron chi connectivity index (χ3n) is 6.73. The summed E-state index contributed by atoms with van der Waals surface area (Å²) in [5, 5.41) is 2.99. The van der Waals surface area contributed by atoms with E-state index in [9.17, 15) is 14.4 Å². The zero-order valence-corrected chi connectivity index (χ0v) is 14.9. The van der Waals surface area contributed by atoms with E-state index in [-0.39, 0.29) is 23.8 Å². The zero-order valence-electron chi connectivity index (χ0n) is 14.9. The molecule has 0 unspecified atom stereocenters. The molecule has 0 aromatic heterocycles. The highest BCUT2D eigenvalue weighted by Gasteiger charge is 2.74. The molecule has 1 N–H and O–H groups in total. The molecule has 3 saturated heterocycles. The molecule has 0 aliphatic carbocycles. The topological polar surface area (TPSA) is 69.7 Å². The number of para-hydroxylation sites is 1. The average Bonchev–Trinajstić information content (AvgIpc) is 3.33. The molecular weight excluding hydrogens is 330 g/mol. The van der Waals surface area contributed by atoms with Crippen LogP contribution in [0.4, 0.5) is 5.69 Å². The number of rotatable bonds is 3. The normalized spacial score (nSPS) is 35.2. The van der Waals surface area contributed by atoms with E-state index in [1.165, 1.54) is 4.90 Å². The van der Waals surface area contributed by atoms with Crippen molar-refractivity contribution in [1.29, 1.82) is 0 Å². The van der Waals surface area contributed by atoms with Gasteiger partial charge in [-0.2, -0.15) is 0 Å². The minimum atomic E-state index is -1.02. The molecule has 136 valence electrons. The van der Waals surface area contributed by atoms with E-state index in [1.807, 2.05) is 31.2 Å². The van der Waals surface area contributed by atoms with Crippen LogP contribution in [0.3, 0.4) is 0 Å². The molecule has 4 heterocycles. The van der Waals surface area contributed by atoms with E-state index >= 15 is 0 Å². The first kappa shape index (κ1) is 16.0. The number of hydrogen-bond donors (Lipinski definition) is 1. The monoisotopic (exact) mass is 353 g/mol. The zero-order chi connectivity index (χ0) is 18.1. The number of anilines is 1. The van der Waals surface area contributed by atoms with Crippen molar-refractivity contribution in [3.8, 4) is 0 Å². The molecular formula is C20H23N3O3. The van der Waals surface area contributed by atoms with Gasteiger partial charge in [-0.15, -0.1) is 0 Å². The van der Waals surface area contributed by atoms with Gasteiger partial charge in [-0.05, 0) is 31.9 Å². The minimum absolute atomic E-state index is 0.0139. The molecule has 26 heavy (non-hydrogen) atoms. The van der Waals surface area contributed by atoms with Gasteiger partial charge in [0.1, 0.15) is 5.54 Å². The van der Waals surface area contributed by atoms with Crippen LogP contribution in [0.5, 0.6) is 0 Å². The molecule has 4 atom stereocenters. The van der Waals surface area contributed by atoms with E-state index in [4.69, 9.17) is 0 Å². The van der Waals surface area contributed by atoms with E-state index < -0.39 is 17.4 Å². The maximum atomic E-state index is 13.3. The van der Waals surface area contributed by atoms with Crippen LogP contribution in [0, 0.1) is 11.8 Å². The number of carbonyl (C=O) groups excluding carboxylic acids is 3. The SMILES string of the molecule is CCCCN1C(=O)[C@H]2[C@@H](C1=O)[C@@]1(C(=O)Nc3ccccc31)N1CCC[C@@H]21. The molecule has 0 radical (unpaired) electrons. The summed E-state index contributed by atoms with van der Waals surface area (Å²) in [7, 11) is 0. The Morgan fingerprint density at radius 3 is 2.81 bits per heavy atom. The van der Waals surface area contributed by atoms with E-state index in [2.05, 4.69) is 10.2 Å². The number of carbonyl (C=O) groups is 3. The third kappa shape index (κ3) is 1.68. The van der Waals surface area contributed by atoms with Gasteiger partial charge in [-0.3, -0.25) is 24.2 Å². The summed E-state index contributed by atoms with van der Waals surface area (Å²) < 4.78 is 0. The first-order valence-corrected chi connectivity index (χ1v) is 9.65. The van der Waals surface area contributed by atoms with Gasteiger partial charge < -0.3 is 5.32 Å². The largest absolute Gasteiger partial charge is 0.324 e. The molecule has 3 amide bonds. The summed E-state index contributed by atoms with van der Waals surface area (Å²) in [6.45, 7) is 3.27. The Labute approximate surface area is 152 Å². The number of likely N-dealkylation sites (tertiary alicyclic amines) is 1. The Kier molecular flexibility index (Phi) is 3.32. The van der Waals surface area contributed by atoms with Crippen LogP contribution in [-0.2, 0) is 19.9 Å². The molecule has 0 saturated carbocycles. The summed E-state index contributed by atoms with van der Waals surface area (Å²) in [6.07, 6.45) is 3.57. The third-order valence-corrected chi connectivity index (χ3v) is 6.73. The van der Waals surface area contributed by atoms with Crippen molar-refractivity contribution >= 4 is 23.4 Å². The smallest absolute Gasteiger partial charge is 0.250 e. The van der Waals surface area contributed by atoms with Gasteiger partial charge in [0, 0.05) is 23.8 Å². The first-order valence-electron chi connectivity index (χ1n) is 9.65. The summed E-state index contributed by atoms with van der Waals surface area (Å²) in [6, 6.07) is 7.62. The van der Waals surface area contributed by atoms with E-state index in [0.29, 0.717) is 6.54 Å². The maximum Gasteiger partial charge on any atom is 0.250 e. The fourth-order valence-corrected chi connectivity index (χ4v) is 5.76. The lowest BCUT2D eigenvalue weighted by Crippen LogP contribution is -2.54. The van der Waals surface area contributed by atoms with Crippen molar-refractivity contribution in [3.05, 3.63) is 29.8 Å². The standard InChI is InChI=1S/C20H23N3O3/c1-2-3-10-22-17(24)15-14-9-6-11-23(14)20(16(15)18(22)25)12-7-4-5-8-13(12)21-19(20)26/h4-5,7-8,14-16H,2-3,6,9-11H2,1H3,(H,21,26)/t14-,15+,16-,20-/m0/s1. The Balaban J connectivity index is 1.68. The summed E-state index contributed by atoms with van der Waals surface area (Å²) in [4.78, 5) is 43.4. The van der Waals surface area contributed by atoms with Crippen molar-refractivity contribution in [2.45, 2.75) is 44.2 Å². The Morgan fingerprint density at radius 2 is 2.00 bits per heavy atom. The fraction of sp³-hybridized carbons (Fsp3) is 0.550. The van der Waals surface area contributed by atoms with Crippen molar-refractivity contribution in [2.75, 3.05) is 18.4 Å². The van der Waals surface area contributed by atoms with Gasteiger partial charge in [0.05, 0.1) is 11.8 Å². The van der Waals surface area contributed by atoms with Crippen LogP contribution in [0.2, 0.25) is 0 Å². The number of nitrogens with zero attached hydrogens (tertiary/aromatic N) is 2. The molecule has 4 aliphatic rings. The van der Waals surface area contributed by atoms with E-state index in [1.54, 1.807) is 0 Å². The first-order chi connectivity index (χ1) is 12.6. The van der Waals surface area contributed by atoms with Gasteiger partial charge in [0.15, 0.2) is 0 Å². The van der Waals surface area contributed by atoms with Crippen molar-refractivity contribution < 1.29 is 14.4 Å². The Morgan fingerprint density at radius 1 is 1.19 bits per heavy atom. The van der Waals surface area contributed by atoms with Gasteiger partial charge in [-0.25, -0.2) is 0 Å². The molecule has 4 aliphatic heterocycles. The number of hydrogen-bond acceptors (Lipinski definition) is 4. The van der Waals surface area contributed by atoms with Crippen LogP contribution in [0.1, 0.15) is 38.2 Å². The summed E-state index contributed by atoms with van der Waals surface area (Å²) in [5.74, 6) is -1.36. The number of amides is 3. The number of nitrogens with one attached hydrogen (secondary N) is 1. The lowest BCUT2D eigenvalue weighted by Gasteiger charge is -2.36. The number of fused-ring (bicyclic) bond motifs is 7. The molecule has 5 rings (SSSR count). The predicted molar refractivity (Wildman–Crippen MR) is 95.1 cm³/mol. The predicted octanol–water partition coefficient (Wildman–Crippen LogP) is 1.71. The molecule has 1 aromatic carbocycles. The fourth-order valence-electron chi connectivity index (χ4n) is 5.76. The molecule has 1 spiro atoms. The van der Waals surface area contributed by atoms with Crippen molar-refractivity contribution in [1.82, 2.24) is 9.80 Å². The molecule has 3 fully saturated rings. The lowest BCUT2D eigenvalue weighted by molar-refractivity contribution is -0.145. The maximum absolute atomic E-state index is 13.3. The number of benzene rings is 1. The summed E-state index contributed by atoms with van der Waals surface area (Å²) in [5.41, 5.74) is 0.620. The summed E-state index contributed by atoms with van der Waals surface area (Å²) >= 11 is 0. The molecule has 6 heteroatoms. The Hall–Kier alpha value is -2.21. The molecule has 1 aromatic rings. The molecule has 0 bridgehead atoms. The average molecular weight is 353 g/mol. The van der Waals surface area contributed by atoms with Gasteiger partial charge in [0.25, 0.3) is 0 Å². The quantitative estimate of drug-likeness (QED) is 0.840. The van der Waals surface area contributed by atoms with Crippen molar-refractivity contribution in [3.63, 3.8) is 0 Å². The number of imide groups is 1. The highest BCUT2D eigenvalue weighted by atomic mass is 16.2. The highest BCUT2D eigenvalue weighted by Crippen LogP contribution is 2.60. The van der Waals surface area contributed by atoms with Crippen molar-refractivity contribution in [2.24, 2.45) is 11.8 Å². The van der Waals surface area contributed by atoms with Gasteiger partial charge in [0.2, 0.25) is 17.7 Å². The second-order valence-electron chi connectivity index (χ2n) is 7.85. The molecule has 6 nitrogen and oxygen atoms in total. The second-order valence-corrected chi connectivity index (χ2v) is 7.85. The van der Waals surface area contributed by atoms with Crippen LogP contribution >= 0.6 is 0 Å². The minimum Gasteiger partial charge on any atom is -0.324 e. The van der Waals surface area contributed by atoms with Gasteiger partial charge >= 0.3 is 0 Å². The Bertz CT molecular complexity index is 822. The second kappa shape index (κ2) is 5.39. The van der Waals surface area contributed by atoms with E-state index in [0.717, 1.165) is 43.5 Å². The van der Waals surface area contributed by atoms with Crippen LogP contribution in [0.25, 0.3) is 0 Å². The van der Waals surface area contributed by atoms with Crippen LogP contribution in [0.15, 0.2) is 24.3 Å². The lowest BCUT2D eigenvalue weighted by atomic mass is 9.75. The highest BCUT2D eigenvalue weighted by molar-refractivity contribution is 6.15. The van der Waals surface area contributed by atoms with Crippen LogP contribution < -0.4 is 5.32 Å².